The number of nitrogen functional groups attached to an aromatic ring is 1. The number of rotatable bonds is 6. The number of nitrogens with zero attached hydrogens (tertiary/aromatic N) is 3. The van der Waals surface area contributed by atoms with Gasteiger partial charge in [0.25, 0.3) is 5.91 Å². The van der Waals surface area contributed by atoms with E-state index in [1.54, 1.807) is 0 Å². The van der Waals surface area contributed by atoms with Gasteiger partial charge < -0.3 is 26.4 Å². The number of nitrogens with one attached hydrogen (secondary N) is 1. The average Bonchev–Trinajstić information content (AvgIpc) is 3.19. The molecule has 4 rings (SSSR count). The van der Waals surface area contributed by atoms with Crippen molar-refractivity contribution in [2.24, 2.45) is 10.7 Å². The second-order valence-electron chi connectivity index (χ2n) is 8.76. The van der Waals surface area contributed by atoms with Gasteiger partial charge in [0.15, 0.2) is 5.82 Å². The van der Waals surface area contributed by atoms with Crippen LogP contribution in [0.1, 0.15) is 29.3 Å². The minimum absolute atomic E-state index is 0.0442. The lowest BCUT2D eigenvalue weighted by Gasteiger charge is -2.29. The van der Waals surface area contributed by atoms with Crippen LogP contribution in [0.2, 0.25) is 0 Å². The van der Waals surface area contributed by atoms with Crippen LogP contribution >= 0.6 is 0 Å². The zero-order chi connectivity index (χ0) is 26.9. The van der Waals surface area contributed by atoms with E-state index in [2.05, 4.69) is 15.3 Å². The highest BCUT2D eigenvalue weighted by Crippen LogP contribution is 2.39. The van der Waals surface area contributed by atoms with E-state index in [-0.39, 0.29) is 40.3 Å². The molecule has 2 heterocycles. The number of benzene rings is 2. The quantitative estimate of drug-likeness (QED) is 0.340. The first-order valence-electron chi connectivity index (χ1n) is 11.5. The fourth-order valence-electron chi connectivity index (χ4n) is 4.61. The summed E-state index contributed by atoms with van der Waals surface area (Å²) in [6.45, 7) is 2.38. The number of methoxy groups -OCH3 is 1. The fraction of sp³-hybridized carbons (Fsp3) is 0.269. The minimum Gasteiger partial charge on any atom is -0.496 e. The molecule has 0 saturated carbocycles. The van der Waals surface area contributed by atoms with Crippen LogP contribution in [0.15, 0.2) is 41.5 Å². The van der Waals surface area contributed by atoms with E-state index in [0.717, 1.165) is 18.2 Å². The second-order valence-corrected chi connectivity index (χ2v) is 8.76. The van der Waals surface area contributed by atoms with Gasteiger partial charge in [-0.1, -0.05) is 6.07 Å². The molecule has 0 aliphatic carbocycles. The Bertz CT molecular complexity index is 1380. The maximum Gasteiger partial charge on any atom is 0.258 e. The van der Waals surface area contributed by atoms with Crippen molar-refractivity contribution >= 4 is 29.2 Å². The number of amides is 1. The lowest BCUT2D eigenvalue weighted by molar-refractivity contribution is 0.102. The highest BCUT2D eigenvalue weighted by molar-refractivity contribution is 6.09. The maximum absolute atomic E-state index is 15.6. The molecule has 0 radical (unpaired) electrons. The number of hydrogen-bond acceptors (Lipinski definition) is 7. The SMILES string of the molecule is CN=Cc1c(N)c(F)cc(NC(=O)c2ccnc(-c3c(F)cccc3OC)c2F)c1N1CC(N)CC1C. The standard InChI is InChI=1S/C26H27F3N6O2/c1-13-9-14(30)12-35(13)25-16(11-32-2)23(31)18(28)10-19(25)34-26(36)15-7-8-33-24(22(15)29)21-17(27)5-4-6-20(21)37-3/h4-8,10-11,13-14H,9,12,30-31H2,1-3H3,(H,34,36). The summed E-state index contributed by atoms with van der Waals surface area (Å²) in [6.07, 6.45) is 3.25. The Morgan fingerprint density at radius 1 is 1.27 bits per heavy atom. The third kappa shape index (κ3) is 4.82. The third-order valence-corrected chi connectivity index (χ3v) is 6.30. The van der Waals surface area contributed by atoms with Crippen LogP contribution in [0.25, 0.3) is 11.3 Å². The molecule has 2 unspecified atom stereocenters. The molecule has 1 aliphatic heterocycles. The van der Waals surface area contributed by atoms with Gasteiger partial charge in [-0.2, -0.15) is 0 Å². The number of carbonyl (C=O) groups is 1. The predicted molar refractivity (Wildman–Crippen MR) is 138 cm³/mol. The molecule has 0 bridgehead atoms. The smallest absolute Gasteiger partial charge is 0.258 e. The molecule has 3 aromatic rings. The fourth-order valence-corrected chi connectivity index (χ4v) is 4.61. The summed E-state index contributed by atoms with van der Waals surface area (Å²) in [7, 11) is 2.82. The van der Waals surface area contributed by atoms with Gasteiger partial charge in [-0.25, -0.2) is 13.2 Å². The normalized spacial score (nSPS) is 17.4. The zero-order valence-corrected chi connectivity index (χ0v) is 20.6. The van der Waals surface area contributed by atoms with Gasteiger partial charge in [0.2, 0.25) is 0 Å². The summed E-state index contributed by atoms with van der Waals surface area (Å²) in [5.74, 6) is -3.45. The van der Waals surface area contributed by atoms with Crippen LogP contribution in [-0.4, -0.2) is 49.9 Å². The molecule has 2 atom stereocenters. The van der Waals surface area contributed by atoms with E-state index in [9.17, 15) is 13.6 Å². The van der Waals surface area contributed by atoms with Crippen LogP contribution in [-0.2, 0) is 0 Å². The summed E-state index contributed by atoms with van der Waals surface area (Å²) >= 11 is 0. The van der Waals surface area contributed by atoms with E-state index in [4.69, 9.17) is 16.2 Å². The number of carbonyl (C=O) groups excluding carboxylic acids is 1. The molecular formula is C26H27F3N6O2. The summed E-state index contributed by atoms with van der Waals surface area (Å²) in [5.41, 5.74) is 11.7. The number of aromatic nitrogens is 1. The summed E-state index contributed by atoms with van der Waals surface area (Å²) in [5, 5.41) is 2.60. The van der Waals surface area contributed by atoms with Gasteiger partial charge in [0.1, 0.15) is 23.1 Å². The predicted octanol–water partition coefficient (Wildman–Crippen LogP) is 3.98. The van der Waals surface area contributed by atoms with E-state index < -0.39 is 34.6 Å². The van der Waals surface area contributed by atoms with Crippen molar-refractivity contribution < 1.29 is 22.7 Å². The van der Waals surface area contributed by atoms with Crippen molar-refractivity contribution in [2.75, 3.05) is 36.7 Å². The largest absolute Gasteiger partial charge is 0.496 e. The Balaban J connectivity index is 1.81. The van der Waals surface area contributed by atoms with Crippen molar-refractivity contribution in [1.29, 1.82) is 0 Å². The average molecular weight is 513 g/mol. The molecule has 37 heavy (non-hydrogen) atoms. The van der Waals surface area contributed by atoms with Crippen LogP contribution in [0.4, 0.5) is 30.2 Å². The van der Waals surface area contributed by atoms with Gasteiger partial charge in [0.05, 0.1) is 35.3 Å². The van der Waals surface area contributed by atoms with Gasteiger partial charge in [-0.3, -0.25) is 14.8 Å². The van der Waals surface area contributed by atoms with Gasteiger partial charge in [-0.15, -0.1) is 0 Å². The third-order valence-electron chi connectivity index (χ3n) is 6.30. The number of nitrogens with two attached hydrogens (primary N) is 2. The Morgan fingerprint density at radius 3 is 2.68 bits per heavy atom. The van der Waals surface area contributed by atoms with Crippen LogP contribution in [0, 0.1) is 17.5 Å². The van der Waals surface area contributed by atoms with E-state index in [1.807, 2.05) is 11.8 Å². The topological polar surface area (TPSA) is 119 Å². The highest BCUT2D eigenvalue weighted by atomic mass is 19.1. The lowest BCUT2D eigenvalue weighted by Crippen LogP contribution is -2.31. The van der Waals surface area contributed by atoms with Crippen LogP contribution in [0.5, 0.6) is 5.75 Å². The molecule has 0 spiro atoms. The van der Waals surface area contributed by atoms with E-state index >= 15 is 4.39 Å². The molecular weight excluding hydrogens is 485 g/mol. The molecule has 1 amide bonds. The molecule has 1 aromatic heterocycles. The zero-order valence-electron chi connectivity index (χ0n) is 20.6. The molecule has 5 N–H and O–H groups in total. The molecule has 1 saturated heterocycles. The summed E-state index contributed by atoms with van der Waals surface area (Å²) < 4.78 is 50.2. The number of anilines is 3. The second kappa shape index (κ2) is 10.5. The Hall–Kier alpha value is -4.12. The first kappa shape index (κ1) is 26.0. The molecule has 1 fully saturated rings. The van der Waals surface area contributed by atoms with Crippen molar-refractivity contribution in [3.05, 3.63) is 65.1 Å². The molecule has 11 heteroatoms. The van der Waals surface area contributed by atoms with Crippen molar-refractivity contribution in [3.8, 4) is 17.0 Å². The van der Waals surface area contributed by atoms with Crippen LogP contribution < -0.4 is 26.4 Å². The first-order chi connectivity index (χ1) is 17.7. The van der Waals surface area contributed by atoms with Gasteiger partial charge in [0, 0.05) is 49.7 Å². The molecule has 8 nitrogen and oxygen atoms in total. The lowest BCUT2D eigenvalue weighted by atomic mass is 10.0. The van der Waals surface area contributed by atoms with Crippen molar-refractivity contribution in [2.45, 2.75) is 25.4 Å². The molecule has 1 aliphatic rings. The van der Waals surface area contributed by atoms with Gasteiger partial charge >= 0.3 is 0 Å². The molecule has 2 aromatic carbocycles. The van der Waals surface area contributed by atoms with Crippen LogP contribution in [0.3, 0.4) is 0 Å². The Kier molecular flexibility index (Phi) is 7.35. The monoisotopic (exact) mass is 512 g/mol. The first-order valence-corrected chi connectivity index (χ1v) is 11.5. The maximum atomic E-state index is 15.6. The number of ether oxygens (including phenoxy) is 1. The Morgan fingerprint density at radius 2 is 2.03 bits per heavy atom. The van der Waals surface area contributed by atoms with E-state index in [0.29, 0.717) is 18.7 Å². The minimum atomic E-state index is -1.06. The number of halogens is 3. The van der Waals surface area contributed by atoms with Crippen molar-refractivity contribution in [3.63, 3.8) is 0 Å². The number of aliphatic imine (C=N–C) groups is 1. The summed E-state index contributed by atoms with van der Waals surface area (Å²) in [6, 6.07) is 6.03. The van der Waals surface area contributed by atoms with Gasteiger partial charge in [-0.05, 0) is 31.5 Å². The van der Waals surface area contributed by atoms with E-state index in [1.165, 1.54) is 38.7 Å². The summed E-state index contributed by atoms with van der Waals surface area (Å²) in [4.78, 5) is 23.1. The molecule has 194 valence electrons. The highest BCUT2D eigenvalue weighted by Gasteiger charge is 2.32. The number of pyridine rings is 1. The van der Waals surface area contributed by atoms with Crippen molar-refractivity contribution in [1.82, 2.24) is 4.98 Å². The number of hydrogen-bond donors (Lipinski definition) is 3. The Labute approximate surface area is 212 Å².